The van der Waals surface area contributed by atoms with Gasteiger partial charge in [0.05, 0.1) is 0 Å². The first-order chi connectivity index (χ1) is 9.49. The molecule has 6 heteroatoms. The van der Waals surface area contributed by atoms with E-state index in [9.17, 15) is 9.59 Å². The van der Waals surface area contributed by atoms with Crippen molar-refractivity contribution in [1.82, 2.24) is 14.7 Å². The molecular weight excluding hydrogens is 258 g/mol. The molecule has 114 valence electrons. The van der Waals surface area contributed by atoms with Crippen LogP contribution in [0.1, 0.15) is 25.7 Å². The first kappa shape index (κ1) is 15.1. The molecule has 2 saturated heterocycles. The number of carbonyl (C=O) groups excluding carboxylic acids is 1. The third kappa shape index (κ3) is 3.42. The topological polar surface area (TPSA) is 64.1 Å². The Morgan fingerprint density at radius 3 is 2.45 bits per heavy atom. The summed E-state index contributed by atoms with van der Waals surface area (Å²) in [6.07, 6.45) is 3.57. The van der Waals surface area contributed by atoms with Gasteiger partial charge in [-0.15, -0.1) is 0 Å². The molecule has 1 atom stereocenters. The number of aliphatic carboxylic acids is 1. The first-order valence-corrected chi connectivity index (χ1v) is 7.42. The lowest BCUT2D eigenvalue weighted by Crippen LogP contribution is -2.48. The van der Waals surface area contributed by atoms with Gasteiger partial charge in [-0.3, -0.25) is 0 Å². The third-order valence-electron chi connectivity index (χ3n) is 4.48. The van der Waals surface area contributed by atoms with Crippen molar-refractivity contribution in [2.45, 2.75) is 31.7 Å². The summed E-state index contributed by atoms with van der Waals surface area (Å²) in [5.41, 5.74) is 0. The highest BCUT2D eigenvalue weighted by Gasteiger charge is 2.35. The summed E-state index contributed by atoms with van der Waals surface area (Å²) in [6, 6.07) is -0.767. The van der Waals surface area contributed by atoms with Gasteiger partial charge in [0, 0.05) is 20.1 Å². The van der Waals surface area contributed by atoms with E-state index in [1.54, 1.807) is 11.9 Å². The van der Waals surface area contributed by atoms with E-state index in [1.807, 2.05) is 0 Å². The molecule has 0 aromatic carbocycles. The average molecular weight is 283 g/mol. The van der Waals surface area contributed by atoms with Gasteiger partial charge >= 0.3 is 12.0 Å². The standard InChI is InChI=1S/C14H25N3O3/c1-15-8-5-11(6-9-15)10-16(2)14(20)17-7-3-4-12(17)13(18)19/h11-12H,3-10H2,1-2H3,(H,18,19). The number of urea groups is 1. The molecule has 0 aromatic heterocycles. The Balaban J connectivity index is 1.87. The highest BCUT2D eigenvalue weighted by atomic mass is 16.4. The predicted molar refractivity (Wildman–Crippen MR) is 75.6 cm³/mol. The largest absolute Gasteiger partial charge is 0.480 e. The lowest BCUT2D eigenvalue weighted by atomic mass is 9.97. The molecule has 2 aliphatic rings. The highest BCUT2D eigenvalue weighted by molar-refractivity contribution is 5.83. The average Bonchev–Trinajstić information content (AvgIpc) is 2.90. The summed E-state index contributed by atoms with van der Waals surface area (Å²) in [5, 5.41) is 9.15. The molecule has 2 aliphatic heterocycles. The van der Waals surface area contributed by atoms with Gasteiger partial charge in [0.25, 0.3) is 0 Å². The molecule has 6 nitrogen and oxygen atoms in total. The number of carboxylic acids is 1. The molecule has 0 saturated carbocycles. The number of hydrogen-bond donors (Lipinski definition) is 1. The van der Waals surface area contributed by atoms with Gasteiger partial charge < -0.3 is 19.8 Å². The summed E-state index contributed by atoms with van der Waals surface area (Å²) in [6.45, 7) is 3.45. The normalized spacial score (nSPS) is 24.9. The SMILES string of the molecule is CN1CCC(CN(C)C(=O)N2CCCC2C(=O)O)CC1. The molecule has 0 aromatic rings. The number of likely N-dealkylation sites (tertiary alicyclic amines) is 2. The first-order valence-electron chi connectivity index (χ1n) is 7.42. The molecule has 0 aliphatic carbocycles. The highest BCUT2D eigenvalue weighted by Crippen LogP contribution is 2.21. The number of piperidine rings is 1. The number of hydrogen-bond acceptors (Lipinski definition) is 3. The quantitative estimate of drug-likeness (QED) is 0.837. The van der Waals surface area contributed by atoms with Crippen molar-refractivity contribution < 1.29 is 14.7 Å². The van der Waals surface area contributed by atoms with Crippen LogP contribution in [0.3, 0.4) is 0 Å². The Hall–Kier alpha value is -1.30. The van der Waals surface area contributed by atoms with Crippen LogP contribution < -0.4 is 0 Å². The van der Waals surface area contributed by atoms with Gasteiger partial charge in [-0.25, -0.2) is 9.59 Å². The number of rotatable bonds is 3. The molecule has 2 fully saturated rings. The minimum absolute atomic E-state index is 0.131. The minimum atomic E-state index is -0.886. The molecule has 0 radical (unpaired) electrons. The maximum Gasteiger partial charge on any atom is 0.326 e. The van der Waals surface area contributed by atoms with E-state index in [2.05, 4.69) is 11.9 Å². The monoisotopic (exact) mass is 283 g/mol. The fraction of sp³-hybridized carbons (Fsp3) is 0.857. The van der Waals surface area contributed by atoms with Gasteiger partial charge in [0.15, 0.2) is 0 Å². The van der Waals surface area contributed by atoms with Gasteiger partial charge in [0.1, 0.15) is 6.04 Å². The molecule has 2 rings (SSSR count). The lowest BCUT2D eigenvalue weighted by Gasteiger charge is -2.33. The van der Waals surface area contributed by atoms with E-state index in [1.165, 1.54) is 4.90 Å². The summed E-state index contributed by atoms with van der Waals surface area (Å²) in [5.74, 6) is -0.352. The summed E-state index contributed by atoms with van der Waals surface area (Å²) >= 11 is 0. The van der Waals surface area contributed by atoms with Crippen LogP contribution in [0, 0.1) is 5.92 Å². The molecule has 1 unspecified atom stereocenters. The van der Waals surface area contributed by atoms with Crippen molar-refractivity contribution in [3.63, 3.8) is 0 Å². The number of carboxylic acid groups (broad SMARTS) is 1. The van der Waals surface area contributed by atoms with Crippen molar-refractivity contribution in [1.29, 1.82) is 0 Å². The van der Waals surface area contributed by atoms with Gasteiger partial charge in [-0.2, -0.15) is 0 Å². The fourth-order valence-corrected chi connectivity index (χ4v) is 3.18. The third-order valence-corrected chi connectivity index (χ3v) is 4.48. The molecule has 0 spiro atoms. The van der Waals surface area contributed by atoms with Crippen molar-refractivity contribution in [3.05, 3.63) is 0 Å². The van der Waals surface area contributed by atoms with E-state index in [0.717, 1.165) is 38.9 Å². The second kappa shape index (κ2) is 6.43. The van der Waals surface area contributed by atoms with Crippen molar-refractivity contribution in [3.8, 4) is 0 Å². The van der Waals surface area contributed by atoms with Crippen LogP contribution >= 0.6 is 0 Å². The van der Waals surface area contributed by atoms with Crippen LogP contribution in [0.15, 0.2) is 0 Å². The number of amides is 2. The molecule has 0 bridgehead atoms. The van der Waals surface area contributed by atoms with Crippen LogP contribution in [0.5, 0.6) is 0 Å². The zero-order chi connectivity index (χ0) is 14.7. The predicted octanol–water partition coefficient (Wildman–Crippen LogP) is 0.929. The van der Waals surface area contributed by atoms with Crippen LogP contribution in [-0.4, -0.2) is 78.1 Å². The van der Waals surface area contributed by atoms with Gasteiger partial charge in [-0.05, 0) is 51.7 Å². The van der Waals surface area contributed by atoms with E-state index >= 15 is 0 Å². The Morgan fingerprint density at radius 2 is 1.85 bits per heavy atom. The summed E-state index contributed by atoms with van der Waals surface area (Å²) < 4.78 is 0. The van der Waals surface area contributed by atoms with Crippen LogP contribution in [0.25, 0.3) is 0 Å². The molecule has 2 amide bonds. The second-order valence-corrected chi connectivity index (χ2v) is 6.10. The zero-order valence-corrected chi connectivity index (χ0v) is 12.4. The van der Waals surface area contributed by atoms with Crippen LogP contribution in [0.4, 0.5) is 4.79 Å². The van der Waals surface area contributed by atoms with Crippen molar-refractivity contribution in [2.75, 3.05) is 40.3 Å². The Morgan fingerprint density at radius 1 is 1.20 bits per heavy atom. The second-order valence-electron chi connectivity index (χ2n) is 6.10. The van der Waals surface area contributed by atoms with E-state index in [0.29, 0.717) is 18.9 Å². The van der Waals surface area contributed by atoms with Crippen LogP contribution in [-0.2, 0) is 4.79 Å². The Labute approximate surface area is 120 Å². The van der Waals surface area contributed by atoms with Crippen LogP contribution in [0.2, 0.25) is 0 Å². The van der Waals surface area contributed by atoms with E-state index in [-0.39, 0.29) is 6.03 Å². The van der Waals surface area contributed by atoms with Gasteiger partial charge in [0.2, 0.25) is 0 Å². The molecule has 20 heavy (non-hydrogen) atoms. The van der Waals surface area contributed by atoms with Crippen molar-refractivity contribution in [2.24, 2.45) is 5.92 Å². The minimum Gasteiger partial charge on any atom is -0.480 e. The maximum atomic E-state index is 12.4. The summed E-state index contributed by atoms with van der Waals surface area (Å²) in [4.78, 5) is 29.0. The summed E-state index contributed by atoms with van der Waals surface area (Å²) in [7, 11) is 3.91. The van der Waals surface area contributed by atoms with E-state index < -0.39 is 12.0 Å². The Bertz CT molecular complexity index is 367. The fourth-order valence-electron chi connectivity index (χ4n) is 3.18. The number of carbonyl (C=O) groups is 2. The number of nitrogens with zero attached hydrogens (tertiary/aromatic N) is 3. The zero-order valence-electron chi connectivity index (χ0n) is 12.4. The molecule has 2 heterocycles. The molecular formula is C14H25N3O3. The van der Waals surface area contributed by atoms with Gasteiger partial charge in [-0.1, -0.05) is 0 Å². The van der Waals surface area contributed by atoms with Crippen molar-refractivity contribution >= 4 is 12.0 Å². The lowest BCUT2D eigenvalue weighted by molar-refractivity contribution is -0.141. The van der Waals surface area contributed by atoms with E-state index in [4.69, 9.17) is 5.11 Å². The molecule has 1 N–H and O–H groups in total. The Kier molecular flexibility index (Phi) is 4.86. The maximum absolute atomic E-state index is 12.4. The smallest absolute Gasteiger partial charge is 0.326 e.